The van der Waals surface area contributed by atoms with Crippen molar-refractivity contribution in [3.8, 4) is 17.2 Å². The number of alkyl halides is 2. The van der Waals surface area contributed by atoms with E-state index >= 15 is 0 Å². The van der Waals surface area contributed by atoms with Crippen molar-refractivity contribution in [2.45, 2.75) is 79.7 Å². The summed E-state index contributed by atoms with van der Waals surface area (Å²) in [7, 11) is 0. The number of fused-ring (bicyclic) bond motifs is 6. The minimum Gasteiger partial charge on any atom is -0.491 e. The summed E-state index contributed by atoms with van der Waals surface area (Å²) in [5, 5.41) is 86.4. The van der Waals surface area contributed by atoms with Gasteiger partial charge in [-0.05, 0) is 52.1 Å². The molecule has 0 bridgehead atoms. The van der Waals surface area contributed by atoms with Gasteiger partial charge in [-0.2, -0.15) is 0 Å². The highest BCUT2D eigenvalue weighted by Gasteiger charge is 2.47. The van der Waals surface area contributed by atoms with E-state index in [1.165, 1.54) is 12.2 Å². The summed E-state index contributed by atoms with van der Waals surface area (Å²) in [6, 6.07) is 23.2. The maximum Gasteiger partial charge on any atom is 0.251 e. The van der Waals surface area contributed by atoms with E-state index in [1.54, 1.807) is 70.5 Å². The molecular formula is C67H85Cl2N3O23. The second-order valence-corrected chi connectivity index (χ2v) is 23.4. The summed E-state index contributed by atoms with van der Waals surface area (Å²) in [5.74, 6) is 4.69. The molecule has 4 aliphatic heterocycles. The Morgan fingerprint density at radius 2 is 0.905 bits per heavy atom. The zero-order chi connectivity index (χ0) is 67.2. The van der Waals surface area contributed by atoms with E-state index in [1.807, 2.05) is 30.3 Å². The van der Waals surface area contributed by atoms with E-state index in [2.05, 4.69) is 4.84 Å². The van der Waals surface area contributed by atoms with E-state index in [0.29, 0.717) is 125 Å². The lowest BCUT2D eigenvalue weighted by Gasteiger charge is -2.40. The smallest absolute Gasteiger partial charge is 0.251 e. The first kappa shape index (κ1) is 73.5. The number of amides is 2. The number of nitrogens with two attached hydrogens (primary N) is 1. The highest BCUT2D eigenvalue weighted by atomic mass is 35.5. The van der Waals surface area contributed by atoms with Crippen LogP contribution < -0.4 is 29.9 Å². The number of carbonyl (C=O) groups is 2. The van der Waals surface area contributed by atoms with E-state index in [4.69, 9.17) is 85.9 Å². The van der Waals surface area contributed by atoms with Crippen LogP contribution in [0.15, 0.2) is 91.0 Å². The summed E-state index contributed by atoms with van der Waals surface area (Å²) in [4.78, 5) is 36.6. The van der Waals surface area contributed by atoms with Crippen LogP contribution in [0.25, 0.3) is 33.7 Å². The van der Waals surface area contributed by atoms with E-state index in [-0.39, 0.29) is 81.0 Å². The van der Waals surface area contributed by atoms with Crippen molar-refractivity contribution in [3.63, 3.8) is 0 Å². The number of carbonyl (C=O) groups excluding carboxylic acids is 2. The van der Waals surface area contributed by atoms with Crippen LogP contribution in [0.5, 0.6) is 17.2 Å². The molecule has 0 aromatic heterocycles. The average molecular weight is 1370 g/mol. The van der Waals surface area contributed by atoms with Crippen LogP contribution in [0, 0.1) is 0 Å². The van der Waals surface area contributed by atoms with Crippen LogP contribution in [0.2, 0.25) is 0 Å². The van der Waals surface area contributed by atoms with E-state index in [0.717, 1.165) is 21.9 Å². The van der Waals surface area contributed by atoms with Crippen molar-refractivity contribution >= 4 is 80.1 Å². The quantitative estimate of drug-likeness (QED) is 0.0119. The largest absolute Gasteiger partial charge is 0.491 e. The number of halogens is 2. The molecular weight excluding hydrogens is 1290 g/mol. The molecule has 0 aliphatic carbocycles. The molecule has 4 heterocycles. The summed E-state index contributed by atoms with van der Waals surface area (Å²) in [5.41, 5.74) is 3.65. The number of nitrogens with zero attached hydrogens (tertiary/aromatic N) is 2. The molecule has 520 valence electrons. The van der Waals surface area contributed by atoms with Gasteiger partial charge in [-0.1, -0.05) is 60.7 Å². The Morgan fingerprint density at radius 3 is 1.34 bits per heavy atom. The predicted octanol–water partition coefficient (Wildman–Crippen LogP) is 2.89. The molecule has 0 saturated carbocycles. The zero-order valence-corrected chi connectivity index (χ0v) is 53.9. The van der Waals surface area contributed by atoms with Gasteiger partial charge in [-0.15, -0.1) is 23.2 Å². The predicted molar refractivity (Wildman–Crippen MR) is 349 cm³/mol. The number of hydrogen-bond acceptors (Lipinski definition) is 24. The number of ether oxygens (including phenoxy) is 12. The second kappa shape index (κ2) is 37.3. The minimum absolute atomic E-state index is 0.0293. The molecule has 2 fully saturated rings. The average Bonchev–Trinajstić information content (AvgIpc) is 1.66. The summed E-state index contributed by atoms with van der Waals surface area (Å²) < 4.78 is 69.3. The van der Waals surface area contributed by atoms with Gasteiger partial charge >= 0.3 is 0 Å². The van der Waals surface area contributed by atoms with Crippen molar-refractivity contribution in [1.29, 1.82) is 0 Å². The molecule has 0 unspecified atom stereocenters. The van der Waals surface area contributed by atoms with Gasteiger partial charge in [-0.3, -0.25) is 9.59 Å². The Kier molecular flexibility index (Phi) is 28.8. The number of aliphatic hydroxyl groups is 8. The molecule has 2 amide bonds. The van der Waals surface area contributed by atoms with Gasteiger partial charge in [0.2, 0.25) is 12.6 Å². The standard InChI is InChI=1S/C67H85Cl2N3O23/c68-36-43-38-71(49-34-54(46-6-2-4-8-48(46)58(43)49)94-67-65(82)63(80)61(78)55(40-74)95-67)56(75)13-10-41-9-11-42(52(33-41)90-31-29-88-27-25-86-23-21-84-19-17-83-18-20-85-22-24-87-26-28-89-30-32-91-70)12-14-57(76)72-39-44(37-69)59-47-7-3-1-5-45(47)53(35-50(59)72)93-66-64(81)62(79)60(77)51(92-66)15-16-73/h1-14,33-35,43-44,51,55,60-67,73-74,77-82H,15-32,36-40,70H2/b13-10+,14-12+/t43-,44-,51-,55-,60-,61-,62+,63+,64-,65-,66+,67-/m1/s1. The molecule has 28 heteroatoms. The number of benzene rings is 5. The van der Waals surface area contributed by atoms with E-state index < -0.39 is 79.8 Å². The first-order chi connectivity index (χ1) is 46.3. The molecule has 9 rings (SSSR count). The molecule has 4 aliphatic rings. The summed E-state index contributed by atoms with van der Waals surface area (Å²) >= 11 is 13.2. The Bertz CT molecular complexity index is 3310. The third-order valence-corrected chi connectivity index (χ3v) is 17.2. The minimum atomic E-state index is -1.68. The lowest BCUT2D eigenvalue weighted by molar-refractivity contribution is -0.277. The van der Waals surface area contributed by atoms with E-state index in [9.17, 15) is 50.4 Å². The second-order valence-electron chi connectivity index (χ2n) is 22.7. The van der Waals surface area contributed by atoms with Crippen LogP contribution in [0.1, 0.15) is 40.5 Å². The third kappa shape index (κ3) is 18.9. The summed E-state index contributed by atoms with van der Waals surface area (Å²) in [6.45, 7) is 5.04. The van der Waals surface area contributed by atoms with Gasteiger partial charge < -0.3 is 112 Å². The number of anilines is 2. The Hall–Kier alpha value is -5.74. The number of aliphatic hydroxyl groups excluding tert-OH is 8. The highest BCUT2D eigenvalue weighted by molar-refractivity contribution is 6.20. The molecule has 0 spiro atoms. The van der Waals surface area contributed by atoms with Crippen molar-refractivity contribution in [3.05, 3.63) is 113 Å². The van der Waals surface area contributed by atoms with Gasteiger partial charge in [0.15, 0.2) is 0 Å². The lowest BCUT2D eigenvalue weighted by atomic mass is 9.95. The zero-order valence-electron chi connectivity index (χ0n) is 52.4. The maximum absolute atomic E-state index is 14.6. The fraction of sp³-hybridized carbons (Fsp3) is 0.522. The van der Waals surface area contributed by atoms with Gasteiger partial charge in [-0.25, -0.2) is 5.90 Å². The fourth-order valence-electron chi connectivity index (χ4n) is 11.6. The van der Waals surface area contributed by atoms with Crippen LogP contribution in [0.4, 0.5) is 11.4 Å². The highest BCUT2D eigenvalue weighted by Crippen LogP contribution is 2.48. The molecule has 5 aromatic rings. The maximum atomic E-state index is 14.6. The molecule has 26 nitrogen and oxygen atoms in total. The van der Waals surface area contributed by atoms with Crippen molar-refractivity contribution in [2.75, 3.05) is 154 Å². The van der Waals surface area contributed by atoms with Crippen LogP contribution >= 0.6 is 23.2 Å². The van der Waals surface area contributed by atoms with Gasteiger partial charge in [0.1, 0.15) is 66.6 Å². The number of hydrogen-bond donors (Lipinski definition) is 9. The lowest BCUT2D eigenvalue weighted by Crippen LogP contribution is -2.60. The van der Waals surface area contributed by atoms with Gasteiger partial charge in [0.25, 0.3) is 11.8 Å². The number of rotatable bonds is 38. The van der Waals surface area contributed by atoms with Gasteiger partial charge in [0, 0.05) is 83.9 Å². The Balaban J connectivity index is 0.859. The van der Waals surface area contributed by atoms with Crippen molar-refractivity contribution < 1.29 is 112 Å². The molecule has 95 heavy (non-hydrogen) atoms. The van der Waals surface area contributed by atoms with Crippen molar-refractivity contribution in [1.82, 2.24) is 0 Å². The normalized spacial score (nSPS) is 24.3. The Labute approximate surface area is 559 Å². The molecule has 0 radical (unpaired) electrons. The fourth-order valence-corrected chi connectivity index (χ4v) is 12.2. The first-order valence-corrected chi connectivity index (χ1v) is 32.7. The van der Waals surface area contributed by atoms with Crippen LogP contribution in [-0.4, -0.2) is 258 Å². The molecule has 2 saturated heterocycles. The SMILES string of the molecule is NOCCOCCOCCOCCOCCOCCOCCOCCOc1cc(/C=C/C(=O)N2C[C@@H](CCl)c3c2cc(O[C@@H]2O[C@H](CO)[C@@H](O)[C@H](O)[C@H]2O)c2ccccc32)ccc1/C=C/C(=O)N1C[C@@H](CCl)c2c1cc(O[C@@H]1O[C@H](CCO)[C@@H](O)[C@H](O)[C@H]1O)c1ccccc21. The Morgan fingerprint density at radius 1 is 0.495 bits per heavy atom. The van der Waals surface area contributed by atoms with Crippen LogP contribution in [0.3, 0.4) is 0 Å². The molecule has 12 atom stereocenters. The van der Waals surface area contributed by atoms with Crippen molar-refractivity contribution in [2.24, 2.45) is 5.90 Å². The molecule has 10 N–H and O–H groups in total. The molecule has 5 aromatic carbocycles. The van der Waals surface area contributed by atoms with Gasteiger partial charge in [0.05, 0.1) is 123 Å². The third-order valence-electron chi connectivity index (χ3n) is 16.5. The summed E-state index contributed by atoms with van der Waals surface area (Å²) in [6.07, 6.45) is -8.90. The van der Waals surface area contributed by atoms with Crippen LogP contribution in [-0.2, 0) is 57.1 Å². The monoisotopic (exact) mass is 1370 g/mol. The topological polar surface area (TPSA) is 348 Å². The first-order valence-electron chi connectivity index (χ1n) is 31.6.